The second-order valence-electron chi connectivity index (χ2n) is 3.30. The van der Waals surface area contributed by atoms with Gasteiger partial charge in [0.1, 0.15) is 0 Å². The minimum atomic E-state index is 0.0104. The minimum absolute atomic E-state index is 0.0104. The monoisotopic (exact) mass is 155 g/mol. The van der Waals surface area contributed by atoms with Crippen molar-refractivity contribution < 1.29 is 5.11 Å². The number of nitrogens with two attached hydrogens (primary N) is 1. The molecule has 0 unspecified atom stereocenters. The number of rotatable bonds is 2. The van der Waals surface area contributed by atoms with Crippen LogP contribution in [-0.4, -0.2) is 11.7 Å². The topological polar surface area (TPSA) is 46.2 Å². The summed E-state index contributed by atoms with van der Waals surface area (Å²) in [5.74, 6) is 0.635. The van der Waals surface area contributed by atoms with Crippen molar-refractivity contribution in [2.24, 2.45) is 11.7 Å². The highest BCUT2D eigenvalue weighted by atomic mass is 16.3. The summed E-state index contributed by atoms with van der Waals surface area (Å²) in [6.07, 6.45) is 8.53. The largest absolute Gasteiger partial charge is 0.400 e. The zero-order valence-electron chi connectivity index (χ0n) is 6.92. The van der Waals surface area contributed by atoms with E-state index >= 15 is 0 Å². The highest BCUT2D eigenvalue weighted by Crippen LogP contribution is 2.24. The Bertz CT molecular complexity index is 136. The van der Waals surface area contributed by atoms with Crippen molar-refractivity contribution in [1.82, 2.24) is 0 Å². The Morgan fingerprint density at radius 1 is 1.36 bits per heavy atom. The number of allylic oxidation sites excluding steroid dienone is 1. The van der Waals surface area contributed by atoms with Gasteiger partial charge in [-0.1, -0.05) is 25.3 Å². The van der Waals surface area contributed by atoms with Gasteiger partial charge < -0.3 is 10.8 Å². The first kappa shape index (κ1) is 8.60. The van der Waals surface area contributed by atoms with Crippen LogP contribution in [0.3, 0.4) is 0 Å². The van der Waals surface area contributed by atoms with E-state index in [1.807, 2.05) is 6.08 Å². The molecule has 11 heavy (non-hydrogen) atoms. The fourth-order valence-electron chi connectivity index (χ4n) is 1.66. The van der Waals surface area contributed by atoms with Gasteiger partial charge >= 0.3 is 0 Å². The maximum absolute atomic E-state index is 8.67. The van der Waals surface area contributed by atoms with Crippen molar-refractivity contribution in [1.29, 1.82) is 0 Å². The molecule has 64 valence electrons. The molecule has 2 heteroatoms. The number of aliphatic hydroxyl groups is 1. The molecule has 1 aliphatic rings. The van der Waals surface area contributed by atoms with Crippen LogP contribution in [0, 0.1) is 5.92 Å². The summed E-state index contributed by atoms with van der Waals surface area (Å²) in [4.78, 5) is 0. The van der Waals surface area contributed by atoms with Crippen LogP contribution in [0.1, 0.15) is 32.1 Å². The van der Waals surface area contributed by atoms with Gasteiger partial charge in [0.25, 0.3) is 0 Å². The molecular weight excluding hydrogens is 138 g/mol. The van der Waals surface area contributed by atoms with E-state index in [0.717, 1.165) is 0 Å². The molecule has 0 spiro atoms. The SMILES string of the molecule is N/C(=C\C1CCCCC1)CO. The second-order valence-corrected chi connectivity index (χ2v) is 3.30. The summed E-state index contributed by atoms with van der Waals surface area (Å²) in [5.41, 5.74) is 6.15. The first-order valence-corrected chi connectivity index (χ1v) is 4.40. The third-order valence-electron chi connectivity index (χ3n) is 2.28. The molecule has 1 saturated carbocycles. The lowest BCUT2D eigenvalue weighted by atomic mass is 9.89. The van der Waals surface area contributed by atoms with Crippen LogP contribution in [0.4, 0.5) is 0 Å². The lowest BCUT2D eigenvalue weighted by Crippen LogP contribution is -2.09. The molecule has 0 heterocycles. The molecule has 0 aromatic carbocycles. The maximum Gasteiger partial charge on any atom is 0.0822 e. The second kappa shape index (κ2) is 4.39. The van der Waals surface area contributed by atoms with Crippen molar-refractivity contribution in [2.75, 3.05) is 6.61 Å². The summed E-state index contributed by atoms with van der Waals surface area (Å²) in [5, 5.41) is 8.67. The van der Waals surface area contributed by atoms with E-state index < -0.39 is 0 Å². The first-order chi connectivity index (χ1) is 5.33. The molecule has 1 aliphatic carbocycles. The molecular formula is C9H17NO. The molecule has 3 N–H and O–H groups in total. The molecule has 2 nitrogen and oxygen atoms in total. The molecule has 0 aromatic rings. The van der Waals surface area contributed by atoms with Gasteiger partial charge in [0, 0.05) is 5.70 Å². The van der Waals surface area contributed by atoms with Gasteiger partial charge in [0.05, 0.1) is 6.61 Å². The molecule has 0 atom stereocenters. The summed E-state index contributed by atoms with van der Waals surface area (Å²) in [6, 6.07) is 0. The Hall–Kier alpha value is -0.500. The summed E-state index contributed by atoms with van der Waals surface area (Å²) < 4.78 is 0. The Morgan fingerprint density at radius 2 is 2.00 bits per heavy atom. The average molecular weight is 155 g/mol. The molecule has 0 bridgehead atoms. The molecule has 0 amide bonds. The zero-order valence-corrected chi connectivity index (χ0v) is 6.92. The highest BCUT2D eigenvalue weighted by molar-refractivity contribution is 5.00. The summed E-state index contributed by atoms with van der Waals surface area (Å²) >= 11 is 0. The Morgan fingerprint density at radius 3 is 2.55 bits per heavy atom. The standard InChI is InChI=1S/C9H17NO/c10-9(7-11)6-8-4-2-1-3-5-8/h6,8,11H,1-5,7,10H2/b9-6-. The zero-order chi connectivity index (χ0) is 8.10. The number of hydrogen-bond donors (Lipinski definition) is 2. The van der Waals surface area contributed by atoms with Crippen LogP contribution in [0.25, 0.3) is 0 Å². The fraction of sp³-hybridized carbons (Fsp3) is 0.778. The third kappa shape index (κ3) is 2.93. The number of hydrogen-bond acceptors (Lipinski definition) is 2. The molecule has 0 aliphatic heterocycles. The average Bonchev–Trinajstić information content (AvgIpc) is 2.06. The van der Waals surface area contributed by atoms with Gasteiger partial charge in [-0.05, 0) is 18.8 Å². The van der Waals surface area contributed by atoms with Crippen molar-refractivity contribution in [3.8, 4) is 0 Å². The van der Waals surface area contributed by atoms with Gasteiger partial charge in [-0.2, -0.15) is 0 Å². The van der Waals surface area contributed by atoms with Crippen molar-refractivity contribution in [3.63, 3.8) is 0 Å². The van der Waals surface area contributed by atoms with Crippen LogP contribution >= 0.6 is 0 Å². The van der Waals surface area contributed by atoms with Crippen LogP contribution < -0.4 is 5.73 Å². The Labute approximate surface area is 68.1 Å². The van der Waals surface area contributed by atoms with E-state index in [-0.39, 0.29) is 6.61 Å². The van der Waals surface area contributed by atoms with Crippen molar-refractivity contribution in [3.05, 3.63) is 11.8 Å². The maximum atomic E-state index is 8.67. The number of aliphatic hydroxyl groups excluding tert-OH is 1. The predicted molar refractivity (Wildman–Crippen MR) is 45.9 cm³/mol. The van der Waals surface area contributed by atoms with E-state index in [1.54, 1.807) is 0 Å². The van der Waals surface area contributed by atoms with Crippen LogP contribution in [-0.2, 0) is 0 Å². The van der Waals surface area contributed by atoms with E-state index in [0.29, 0.717) is 11.6 Å². The lowest BCUT2D eigenvalue weighted by Gasteiger charge is -2.18. The first-order valence-electron chi connectivity index (χ1n) is 4.40. The van der Waals surface area contributed by atoms with E-state index in [9.17, 15) is 0 Å². The lowest BCUT2D eigenvalue weighted by molar-refractivity contribution is 0.326. The van der Waals surface area contributed by atoms with Gasteiger partial charge in [-0.3, -0.25) is 0 Å². The van der Waals surface area contributed by atoms with Gasteiger partial charge in [-0.15, -0.1) is 0 Å². The molecule has 0 aromatic heterocycles. The molecule has 0 saturated heterocycles. The predicted octanol–water partition coefficient (Wildman–Crippen LogP) is 1.40. The summed E-state index contributed by atoms with van der Waals surface area (Å²) in [7, 11) is 0. The molecule has 0 radical (unpaired) electrons. The minimum Gasteiger partial charge on any atom is -0.400 e. The Kier molecular flexibility index (Phi) is 3.43. The van der Waals surface area contributed by atoms with Gasteiger partial charge in [0.2, 0.25) is 0 Å². The van der Waals surface area contributed by atoms with Gasteiger partial charge in [-0.25, -0.2) is 0 Å². The van der Waals surface area contributed by atoms with Crippen molar-refractivity contribution >= 4 is 0 Å². The van der Waals surface area contributed by atoms with Crippen molar-refractivity contribution in [2.45, 2.75) is 32.1 Å². The van der Waals surface area contributed by atoms with Gasteiger partial charge in [0.15, 0.2) is 0 Å². The fourth-order valence-corrected chi connectivity index (χ4v) is 1.66. The van der Waals surface area contributed by atoms with Crippen LogP contribution in [0.5, 0.6) is 0 Å². The molecule has 1 fully saturated rings. The Balaban J connectivity index is 2.34. The van der Waals surface area contributed by atoms with Crippen LogP contribution in [0.15, 0.2) is 11.8 Å². The van der Waals surface area contributed by atoms with Crippen LogP contribution in [0.2, 0.25) is 0 Å². The smallest absolute Gasteiger partial charge is 0.0822 e. The van der Waals surface area contributed by atoms with E-state index in [1.165, 1.54) is 32.1 Å². The van der Waals surface area contributed by atoms with E-state index in [2.05, 4.69) is 0 Å². The normalized spacial score (nSPS) is 22.1. The highest BCUT2D eigenvalue weighted by Gasteiger charge is 2.10. The molecule has 1 rings (SSSR count). The quantitative estimate of drug-likeness (QED) is 0.633. The third-order valence-corrected chi connectivity index (χ3v) is 2.28. The summed E-state index contributed by atoms with van der Waals surface area (Å²) in [6.45, 7) is 0.0104. The van der Waals surface area contributed by atoms with E-state index in [4.69, 9.17) is 10.8 Å².